The van der Waals surface area contributed by atoms with Crippen LogP contribution in [0.15, 0.2) is 28.7 Å². The van der Waals surface area contributed by atoms with Gasteiger partial charge in [0.25, 0.3) is 0 Å². The molecule has 0 radical (unpaired) electrons. The molecule has 1 aliphatic heterocycles. The number of rotatable bonds is 1. The average molecular weight is 272 g/mol. The molecule has 1 aromatic rings. The zero-order chi connectivity index (χ0) is 10.9. The van der Waals surface area contributed by atoms with Gasteiger partial charge in [-0.25, -0.2) is 4.39 Å². The van der Waals surface area contributed by atoms with Crippen molar-refractivity contribution >= 4 is 15.9 Å². The molecule has 15 heavy (non-hydrogen) atoms. The quantitative estimate of drug-likeness (QED) is 0.758. The van der Waals surface area contributed by atoms with E-state index in [-0.39, 0.29) is 0 Å². The van der Waals surface area contributed by atoms with Crippen molar-refractivity contribution < 1.29 is 4.39 Å². The molecule has 0 bridgehead atoms. The van der Waals surface area contributed by atoms with E-state index in [4.69, 9.17) is 0 Å². The highest BCUT2D eigenvalue weighted by Crippen LogP contribution is 2.39. The number of hydrogen-bond acceptors (Lipinski definition) is 1. The van der Waals surface area contributed by atoms with Crippen LogP contribution in [0.4, 0.5) is 4.39 Å². The lowest BCUT2D eigenvalue weighted by atomic mass is 9.86. The van der Waals surface area contributed by atoms with Gasteiger partial charge >= 0.3 is 0 Å². The van der Waals surface area contributed by atoms with Crippen molar-refractivity contribution in [2.45, 2.75) is 18.5 Å². The van der Waals surface area contributed by atoms with Gasteiger partial charge in [-0.3, -0.25) is 0 Å². The summed E-state index contributed by atoms with van der Waals surface area (Å²) in [6, 6.07) is 7.62. The third-order valence-corrected chi connectivity index (χ3v) is 3.83. The first-order valence-corrected chi connectivity index (χ1v) is 6.04. The highest BCUT2D eigenvalue weighted by molar-refractivity contribution is 9.10. The summed E-state index contributed by atoms with van der Waals surface area (Å²) in [5.74, 6) is 0. The minimum Gasteiger partial charge on any atom is -0.306 e. The average Bonchev–Trinajstić information content (AvgIpc) is 2.23. The zero-order valence-electron chi connectivity index (χ0n) is 8.84. The van der Waals surface area contributed by atoms with Gasteiger partial charge in [0, 0.05) is 23.1 Å². The Hall–Kier alpha value is -0.410. The van der Waals surface area contributed by atoms with Crippen molar-refractivity contribution in [3.8, 4) is 0 Å². The second kappa shape index (κ2) is 4.22. The highest BCUT2D eigenvalue weighted by atomic mass is 79.9. The molecule has 1 nitrogen and oxygen atoms in total. The van der Waals surface area contributed by atoms with Gasteiger partial charge in [-0.05, 0) is 26.0 Å². The maximum Gasteiger partial charge on any atom is 0.139 e. The lowest BCUT2D eigenvalue weighted by Gasteiger charge is -2.35. The van der Waals surface area contributed by atoms with Gasteiger partial charge < -0.3 is 4.90 Å². The molecule has 0 aliphatic carbocycles. The zero-order valence-corrected chi connectivity index (χ0v) is 10.4. The van der Waals surface area contributed by atoms with Gasteiger partial charge in [-0.2, -0.15) is 0 Å². The lowest BCUT2D eigenvalue weighted by molar-refractivity contribution is 0.0667. The second-order valence-corrected chi connectivity index (χ2v) is 5.10. The Bertz CT molecular complexity index is 345. The van der Waals surface area contributed by atoms with E-state index in [9.17, 15) is 4.39 Å². The summed E-state index contributed by atoms with van der Waals surface area (Å²) in [5.41, 5.74) is -0.342. The summed E-state index contributed by atoms with van der Waals surface area (Å²) >= 11 is 3.43. The van der Waals surface area contributed by atoms with Crippen LogP contribution in [0.5, 0.6) is 0 Å². The molecule has 0 saturated carbocycles. The number of likely N-dealkylation sites (tertiary alicyclic amines) is 1. The van der Waals surface area contributed by atoms with Crippen LogP contribution in [0.2, 0.25) is 0 Å². The SMILES string of the molecule is CN1CCC(F)(c2ccccc2Br)CC1. The number of benzene rings is 1. The van der Waals surface area contributed by atoms with E-state index in [0.717, 1.165) is 23.1 Å². The molecule has 1 fully saturated rings. The molecule has 82 valence electrons. The fourth-order valence-corrected chi connectivity index (χ4v) is 2.71. The van der Waals surface area contributed by atoms with Crippen molar-refractivity contribution in [2.75, 3.05) is 20.1 Å². The van der Waals surface area contributed by atoms with E-state index in [0.29, 0.717) is 12.8 Å². The van der Waals surface area contributed by atoms with Crippen LogP contribution in [-0.4, -0.2) is 25.0 Å². The number of alkyl halides is 1. The molecule has 0 N–H and O–H groups in total. The summed E-state index contributed by atoms with van der Waals surface area (Å²) in [4.78, 5) is 2.18. The van der Waals surface area contributed by atoms with Crippen LogP contribution in [0, 0.1) is 0 Å². The van der Waals surface area contributed by atoms with Crippen molar-refractivity contribution in [3.63, 3.8) is 0 Å². The molecule has 3 heteroatoms. The van der Waals surface area contributed by atoms with Gasteiger partial charge in [-0.15, -0.1) is 0 Å². The fourth-order valence-electron chi connectivity index (χ4n) is 2.07. The Morgan fingerprint density at radius 3 is 2.47 bits per heavy atom. The topological polar surface area (TPSA) is 3.24 Å². The van der Waals surface area contributed by atoms with E-state index in [1.165, 1.54) is 0 Å². The summed E-state index contributed by atoms with van der Waals surface area (Å²) < 4.78 is 15.6. The van der Waals surface area contributed by atoms with Crippen LogP contribution in [0.25, 0.3) is 0 Å². The molecule has 0 unspecified atom stereocenters. The summed E-state index contributed by atoms with van der Waals surface area (Å²) in [6.07, 6.45) is 1.18. The maximum atomic E-state index is 14.7. The van der Waals surface area contributed by atoms with Gasteiger partial charge in [-0.1, -0.05) is 34.1 Å². The third kappa shape index (κ3) is 2.23. The summed E-state index contributed by atoms with van der Waals surface area (Å²) in [7, 11) is 2.04. The predicted octanol–water partition coefficient (Wildman–Crippen LogP) is 3.34. The van der Waals surface area contributed by atoms with Gasteiger partial charge in [0.1, 0.15) is 5.67 Å². The van der Waals surface area contributed by atoms with Gasteiger partial charge in [0.15, 0.2) is 0 Å². The van der Waals surface area contributed by atoms with Crippen LogP contribution < -0.4 is 0 Å². The van der Waals surface area contributed by atoms with Crippen molar-refractivity contribution in [1.29, 1.82) is 0 Å². The first kappa shape index (κ1) is 11.1. The van der Waals surface area contributed by atoms with Gasteiger partial charge in [0.2, 0.25) is 0 Å². The molecule has 1 aromatic carbocycles. The number of piperidine rings is 1. The maximum absolute atomic E-state index is 14.7. The van der Waals surface area contributed by atoms with E-state index < -0.39 is 5.67 Å². The molecule has 1 saturated heterocycles. The van der Waals surface area contributed by atoms with Crippen LogP contribution in [0.3, 0.4) is 0 Å². The summed E-state index contributed by atoms with van der Waals surface area (Å²) in [5, 5.41) is 0. The Morgan fingerprint density at radius 1 is 1.27 bits per heavy atom. The largest absolute Gasteiger partial charge is 0.306 e. The molecule has 1 heterocycles. The summed E-state index contributed by atoms with van der Waals surface area (Å²) in [6.45, 7) is 1.66. The number of nitrogens with zero attached hydrogens (tertiary/aromatic N) is 1. The van der Waals surface area contributed by atoms with Gasteiger partial charge in [0.05, 0.1) is 0 Å². The molecular formula is C12H15BrFN. The highest BCUT2D eigenvalue weighted by Gasteiger charge is 2.36. The fraction of sp³-hybridized carbons (Fsp3) is 0.500. The Labute approximate surface area is 98.4 Å². The minimum atomic E-state index is -1.15. The molecular weight excluding hydrogens is 257 g/mol. The van der Waals surface area contributed by atoms with Crippen molar-refractivity contribution in [1.82, 2.24) is 4.90 Å². The first-order chi connectivity index (χ1) is 7.12. The molecule has 0 amide bonds. The monoisotopic (exact) mass is 271 g/mol. The van der Waals surface area contributed by atoms with Crippen LogP contribution in [0.1, 0.15) is 18.4 Å². The molecule has 0 atom stereocenters. The molecule has 1 aliphatic rings. The smallest absolute Gasteiger partial charge is 0.139 e. The van der Waals surface area contributed by atoms with Crippen molar-refractivity contribution in [3.05, 3.63) is 34.3 Å². The lowest BCUT2D eigenvalue weighted by Crippen LogP contribution is -2.38. The van der Waals surface area contributed by atoms with E-state index in [1.54, 1.807) is 0 Å². The van der Waals surface area contributed by atoms with Crippen LogP contribution in [-0.2, 0) is 5.67 Å². The van der Waals surface area contributed by atoms with Crippen molar-refractivity contribution in [2.24, 2.45) is 0 Å². The van der Waals surface area contributed by atoms with E-state index in [1.807, 2.05) is 31.3 Å². The first-order valence-electron chi connectivity index (χ1n) is 5.24. The minimum absolute atomic E-state index is 0.589. The standard InChI is InChI=1S/C12H15BrFN/c1-15-8-6-12(14,7-9-15)10-4-2-3-5-11(10)13/h2-5H,6-9H2,1H3. The molecule has 0 spiro atoms. The Kier molecular flexibility index (Phi) is 3.12. The molecule has 2 rings (SSSR count). The van der Waals surface area contributed by atoms with E-state index in [2.05, 4.69) is 20.8 Å². The number of halogens is 2. The molecule has 0 aromatic heterocycles. The normalized spacial score (nSPS) is 21.5. The second-order valence-electron chi connectivity index (χ2n) is 4.25. The predicted molar refractivity (Wildman–Crippen MR) is 63.7 cm³/mol. The third-order valence-electron chi connectivity index (χ3n) is 3.14. The Morgan fingerprint density at radius 2 is 1.87 bits per heavy atom. The number of hydrogen-bond donors (Lipinski definition) is 0. The van der Waals surface area contributed by atoms with E-state index >= 15 is 0 Å². The Balaban J connectivity index is 2.26. The van der Waals surface area contributed by atoms with Crippen LogP contribution >= 0.6 is 15.9 Å².